The maximum atomic E-state index is 14.1. The minimum atomic E-state index is -4.39. The van der Waals surface area contributed by atoms with Crippen molar-refractivity contribution in [3.05, 3.63) is 94.3 Å². The predicted octanol–water partition coefficient (Wildman–Crippen LogP) is 4.04. The Bertz CT molecular complexity index is 1580. The number of hydrogen-bond acceptors (Lipinski definition) is 5. The van der Waals surface area contributed by atoms with E-state index in [9.17, 15) is 26.8 Å². The molecular weight excluding hydrogens is 488 g/mol. The molecule has 2 heterocycles. The van der Waals surface area contributed by atoms with Crippen molar-refractivity contribution < 1.29 is 26.8 Å². The summed E-state index contributed by atoms with van der Waals surface area (Å²) in [5, 5.41) is -0.0711. The Hall–Kier alpha value is -3.63. The number of carbonyl (C=O) groups is 2. The van der Waals surface area contributed by atoms with Crippen molar-refractivity contribution in [2.45, 2.75) is 11.3 Å². The van der Waals surface area contributed by atoms with Gasteiger partial charge in [-0.2, -0.15) is 0 Å². The van der Waals surface area contributed by atoms with Crippen LogP contribution in [0.15, 0.2) is 65.6 Å². The van der Waals surface area contributed by atoms with Gasteiger partial charge in [-0.15, -0.1) is 0 Å². The maximum absolute atomic E-state index is 14.1. The largest absolute Gasteiger partial charge is 0.274 e. The van der Waals surface area contributed by atoms with Crippen LogP contribution >= 0.6 is 11.6 Å². The number of hydrogen-bond donors (Lipinski definition) is 0. The number of benzene rings is 3. The molecule has 1 aliphatic heterocycles. The summed E-state index contributed by atoms with van der Waals surface area (Å²) in [4.78, 5) is 30.3. The Morgan fingerprint density at radius 1 is 0.882 bits per heavy atom. The first-order valence-corrected chi connectivity index (χ1v) is 11.8. The van der Waals surface area contributed by atoms with Gasteiger partial charge in [0, 0.05) is 25.1 Å². The average molecular weight is 502 g/mol. The van der Waals surface area contributed by atoms with Gasteiger partial charge in [0.1, 0.15) is 10.7 Å². The van der Waals surface area contributed by atoms with Crippen molar-refractivity contribution in [1.82, 2.24) is 13.9 Å². The van der Waals surface area contributed by atoms with Crippen molar-refractivity contribution >= 4 is 44.5 Å². The highest BCUT2D eigenvalue weighted by Crippen LogP contribution is 2.30. The summed E-state index contributed by atoms with van der Waals surface area (Å²) in [6.07, 6.45) is -0.187. The van der Waals surface area contributed by atoms with Crippen LogP contribution in [0.2, 0.25) is 5.02 Å². The first-order valence-electron chi connectivity index (χ1n) is 10.0. The highest BCUT2D eigenvalue weighted by atomic mass is 35.5. The summed E-state index contributed by atoms with van der Waals surface area (Å²) in [5.41, 5.74) is 0.186. The zero-order chi connectivity index (χ0) is 24.2. The third-order valence-electron chi connectivity index (χ3n) is 5.51. The SMILES string of the molecule is O=C1c2ccccc2C(=O)N1CCc1nc2cc(F)c(F)cc2n1S(=O)(=O)c1ccccc1Cl. The van der Waals surface area contributed by atoms with Gasteiger partial charge in [0.05, 0.1) is 27.2 Å². The lowest BCUT2D eigenvalue weighted by Crippen LogP contribution is -2.32. The van der Waals surface area contributed by atoms with Crippen molar-refractivity contribution in [2.24, 2.45) is 0 Å². The molecule has 0 saturated carbocycles. The van der Waals surface area contributed by atoms with E-state index < -0.39 is 33.5 Å². The van der Waals surface area contributed by atoms with Crippen LogP contribution in [0.1, 0.15) is 26.5 Å². The topological polar surface area (TPSA) is 89.3 Å². The van der Waals surface area contributed by atoms with Crippen LogP contribution in [0, 0.1) is 11.6 Å². The number of imide groups is 1. The minimum absolute atomic E-state index is 0.0711. The zero-order valence-electron chi connectivity index (χ0n) is 17.2. The highest BCUT2D eigenvalue weighted by molar-refractivity contribution is 7.90. The van der Waals surface area contributed by atoms with E-state index in [4.69, 9.17) is 11.6 Å². The minimum Gasteiger partial charge on any atom is -0.274 e. The zero-order valence-corrected chi connectivity index (χ0v) is 18.8. The quantitative estimate of drug-likeness (QED) is 0.385. The van der Waals surface area contributed by atoms with Crippen molar-refractivity contribution in [2.75, 3.05) is 6.54 Å². The molecule has 0 radical (unpaired) electrons. The van der Waals surface area contributed by atoms with Crippen LogP contribution in [0.5, 0.6) is 0 Å². The van der Waals surface area contributed by atoms with Crippen LogP contribution in [0.4, 0.5) is 8.78 Å². The second-order valence-electron chi connectivity index (χ2n) is 7.54. The molecule has 11 heteroatoms. The molecule has 7 nitrogen and oxygen atoms in total. The molecule has 0 fully saturated rings. The van der Waals surface area contributed by atoms with Crippen molar-refractivity contribution in [3.8, 4) is 0 Å². The molecule has 0 unspecified atom stereocenters. The fourth-order valence-corrected chi connectivity index (χ4v) is 5.94. The lowest BCUT2D eigenvalue weighted by atomic mass is 10.1. The highest BCUT2D eigenvalue weighted by Gasteiger charge is 2.35. The Morgan fingerprint density at radius 3 is 2.12 bits per heavy atom. The molecule has 1 aromatic heterocycles. The molecule has 0 atom stereocenters. The van der Waals surface area contributed by atoms with Gasteiger partial charge in [0.2, 0.25) is 0 Å². The standard InChI is InChI=1S/C23H14ClF2N3O4S/c24-15-7-3-4-8-20(15)34(32,33)29-19-12-17(26)16(25)11-18(19)27-21(29)9-10-28-22(30)13-5-1-2-6-14(13)23(28)31/h1-8,11-12H,9-10H2. The van der Waals surface area contributed by atoms with Crippen LogP contribution < -0.4 is 0 Å². The number of carbonyl (C=O) groups excluding carboxylic acids is 2. The number of aromatic nitrogens is 2. The predicted molar refractivity (Wildman–Crippen MR) is 119 cm³/mol. The second kappa shape index (κ2) is 8.00. The summed E-state index contributed by atoms with van der Waals surface area (Å²) < 4.78 is 55.7. The number of rotatable bonds is 5. The van der Waals surface area contributed by atoms with E-state index in [1.54, 1.807) is 18.2 Å². The van der Waals surface area contributed by atoms with Gasteiger partial charge in [-0.1, -0.05) is 35.9 Å². The Kier molecular flexibility index (Phi) is 5.22. The van der Waals surface area contributed by atoms with Gasteiger partial charge in [-0.05, 0) is 24.3 Å². The van der Waals surface area contributed by atoms with Crippen molar-refractivity contribution in [3.63, 3.8) is 0 Å². The van der Waals surface area contributed by atoms with E-state index in [0.29, 0.717) is 0 Å². The van der Waals surface area contributed by atoms with E-state index in [1.165, 1.54) is 30.3 Å². The monoisotopic (exact) mass is 501 g/mol. The van der Waals surface area contributed by atoms with E-state index in [1.807, 2.05) is 0 Å². The van der Waals surface area contributed by atoms with E-state index in [-0.39, 0.29) is 50.9 Å². The summed E-state index contributed by atoms with van der Waals surface area (Å²) in [6, 6.07) is 13.5. The first-order chi connectivity index (χ1) is 16.2. The van der Waals surface area contributed by atoms with Crippen LogP contribution in [-0.4, -0.2) is 40.6 Å². The summed E-state index contributed by atoms with van der Waals surface area (Å²) >= 11 is 6.11. The number of imidazole rings is 1. The summed E-state index contributed by atoms with van der Waals surface area (Å²) in [6.45, 7) is -0.196. The Labute approximate surface area is 197 Å². The Morgan fingerprint density at radius 2 is 1.47 bits per heavy atom. The van der Waals surface area contributed by atoms with Crippen LogP contribution in [-0.2, 0) is 16.4 Å². The molecule has 1 aliphatic rings. The second-order valence-corrected chi connectivity index (χ2v) is 9.70. The number of nitrogens with zero attached hydrogens (tertiary/aromatic N) is 3. The third kappa shape index (κ3) is 3.37. The van der Waals surface area contributed by atoms with Crippen LogP contribution in [0.3, 0.4) is 0 Å². The number of amides is 2. The summed E-state index contributed by atoms with van der Waals surface area (Å²) in [5.74, 6) is -3.60. The number of halogens is 3. The average Bonchev–Trinajstić information content (AvgIpc) is 3.28. The molecular formula is C23H14ClF2N3O4S. The van der Waals surface area contributed by atoms with Gasteiger partial charge in [0.15, 0.2) is 11.6 Å². The fourth-order valence-electron chi connectivity index (χ4n) is 3.93. The van der Waals surface area contributed by atoms with Gasteiger partial charge in [-0.25, -0.2) is 26.2 Å². The van der Waals surface area contributed by atoms with Gasteiger partial charge >= 0.3 is 0 Å². The Balaban J connectivity index is 1.60. The van der Waals surface area contributed by atoms with Gasteiger partial charge in [-0.3, -0.25) is 14.5 Å². The molecule has 0 bridgehead atoms. The lowest BCUT2D eigenvalue weighted by molar-refractivity contribution is 0.0655. The van der Waals surface area contributed by atoms with Gasteiger partial charge < -0.3 is 0 Å². The normalized spacial score (nSPS) is 13.7. The number of fused-ring (bicyclic) bond motifs is 2. The molecule has 5 rings (SSSR count). The smallest absolute Gasteiger partial charge is 0.271 e. The third-order valence-corrected chi connectivity index (χ3v) is 7.75. The first kappa shape index (κ1) is 22.2. The lowest BCUT2D eigenvalue weighted by Gasteiger charge is -2.15. The fraction of sp³-hybridized carbons (Fsp3) is 0.0870. The molecule has 0 N–H and O–H groups in total. The van der Waals surface area contributed by atoms with E-state index >= 15 is 0 Å². The van der Waals surface area contributed by atoms with E-state index in [0.717, 1.165) is 21.0 Å². The molecule has 34 heavy (non-hydrogen) atoms. The molecule has 0 saturated heterocycles. The van der Waals surface area contributed by atoms with Crippen LogP contribution in [0.25, 0.3) is 11.0 Å². The summed E-state index contributed by atoms with van der Waals surface area (Å²) in [7, 11) is -4.39. The molecule has 4 aromatic rings. The van der Waals surface area contributed by atoms with Crippen molar-refractivity contribution in [1.29, 1.82) is 0 Å². The van der Waals surface area contributed by atoms with E-state index in [2.05, 4.69) is 4.98 Å². The molecule has 172 valence electrons. The molecule has 3 aromatic carbocycles. The molecule has 0 aliphatic carbocycles. The molecule has 0 spiro atoms. The molecule has 2 amide bonds. The maximum Gasteiger partial charge on any atom is 0.271 e. The van der Waals surface area contributed by atoms with Gasteiger partial charge in [0.25, 0.3) is 21.8 Å².